The van der Waals surface area contributed by atoms with Gasteiger partial charge in [-0.25, -0.2) is 0 Å². The fourth-order valence-electron chi connectivity index (χ4n) is 2.79. The lowest BCUT2D eigenvalue weighted by Gasteiger charge is -2.42. The molecule has 1 aliphatic heterocycles. The predicted octanol–water partition coefficient (Wildman–Crippen LogP) is 1.74. The molecule has 1 saturated heterocycles. The number of piperazine rings is 1. The molecule has 1 aromatic heterocycles. The van der Waals surface area contributed by atoms with E-state index in [2.05, 4.69) is 41.6 Å². The minimum absolute atomic E-state index is 0.0570. The Kier molecular flexibility index (Phi) is 4.96. The van der Waals surface area contributed by atoms with Gasteiger partial charge in [-0.2, -0.15) is 0 Å². The Hall–Kier alpha value is -0.910. The Morgan fingerprint density at radius 1 is 1.58 bits per heavy atom. The standard InChI is InChI=1S/C14H23N3OS/c1-3-10(15)13(12-6-5-9-19-12)17-8-7-16-14(18)11(17)4-2/h5-6,9-11,13H,3-4,7-8,15H2,1-2H3,(H,16,18). The van der Waals surface area contributed by atoms with Crippen LogP contribution in [0, 0.1) is 0 Å². The smallest absolute Gasteiger partial charge is 0.237 e. The highest BCUT2D eigenvalue weighted by molar-refractivity contribution is 7.10. The zero-order chi connectivity index (χ0) is 13.8. The van der Waals surface area contributed by atoms with Crippen molar-refractivity contribution in [3.05, 3.63) is 22.4 Å². The summed E-state index contributed by atoms with van der Waals surface area (Å²) in [7, 11) is 0. The first-order chi connectivity index (χ1) is 9.19. The monoisotopic (exact) mass is 281 g/mol. The number of amides is 1. The molecule has 1 fully saturated rings. The number of nitrogens with zero attached hydrogens (tertiary/aromatic N) is 1. The largest absolute Gasteiger partial charge is 0.353 e. The van der Waals surface area contributed by atoms with E-state index in [0.717, 1.165) is 19.4 Å². The number of thiophene rings is 1. The van der Waals surface area contributed by atoms with Gasteiger partial charge in [0.05, 0.1) is 12.1 Å². The Morgan fingerprint density at radius 3 is 2.95 bits per heavy atom. The SMILES string of the molecule is CCC(N)C(c1cccs1)N1CCNC(=O)C1CC. The molecule has 4 nitrogen and oxygen atoms in total. The van der Waals surface area contributed by atoms with E-state index in [1.54, 1.807) is 11.3 Å². The number of hydrogen-bond donors (Lipinski definition) is 2. The molecule has 19 heavy (non-hydrogen) atoms. The molecule has 0 spiro atoms. The highest BCUT2D eigenvalue weighted by Gasteiger charge is 2.36. The van der Waals surface area contributed by atoms with Gasteiger partial charge in [-0.15, -0.1) is 11.3 Å². The van der Waals surface area contributed by atoms with Gasteiger partial charge < -0.3 is 11.1 Å². The Bertz CT molecular complexity index is 407. The average molecular weight is 281 g/mol. The second-order valence-corrected chi connectivity index (χ2v) is 5.96. The highest BCUT2D eigenvalue weighted by Crippen LogP contribution is 2.31. The normalized spacial score (nSPS) is 23.9. The molecule has 3 unspecified atom stereocenters. The summed E-state index contributed by atoms with van der Waals surface area (Å²) in [5, 5.41) is 5.03. The topological polar surface area (TPSA) is 58.4 Å². The fourth-order valence-corrected chi connectivity index (χ4v) is 3.71. The molecule has 3 N–H and O–H groups in total. The molecular formula is C14H23N3OS. The molecule has 1 aromatic rings. The highest BCUT2D eigenvalue weighted by atomic mass is 32.1. The Balaban J connectivity index is 2.29. The van der Waals surface area contributed by atoms with E-state index < -0.39 is 0 Å². The van der Waals surface area contributed by atoms with Gasteiger partial charge in [-0.1, -0.05) is 19.9 Å². The van der Waals surface area contributed by atoms with Crippen molar-refractivity contribution in [2.45, 2.75) is 44.8 Å². The van der Waals surface area contributed by atoms with Crippen molar-refractivity contribution in [2.24, 2.45) is 5.73 Å². The third kappa shape index (κ3) is 2.99. The van der Waals surface area contributed by atoms with Gasteiger partial charge in [-0.05, 0) is 24.3 Å². The third-order valence-corrected chi connectivity index (χ3v) is 4.77. The second-order valence-electron chi connectivity index (χ2n) is 4.99. The minimum Gasteiger partial charge on any atom is -0.353 e. The molecule has 106 valence electrons. The summed E-state index contributed by atoms with van der Waals surface area (Å²) >= 11 is 1.73. The van der Waals surface area contributed by atoms with E-state index in [4.69, 9.17) is 5.73 Å². The molecular weight excluding hydrogens is 258 g/mol. The van der Waals surface area contributed by atoms with Crippen molar-refractivity contribution >= 4 is 17.2 Å². The number of carbonyl (C=O) groups is 1. The van der Waals surface area contributed by atoms with E-state index in [1.807, 2.05) is 0 Å². The van der Waals surface area contributed by atoms with Gasteiger partial charge in [0.25, 0.3) is 0 Å². The van der Waals surface area contributed by atoms with Crippen molar-refractivity contribution in [3.8, 4) is 0 Å². The molecule has 5 heteroatoms. The summed E-state index contributed by atoms with van der Waals surface area (Å²) in [4.78, 5) is 15.6. The maximum Gasteiger partial charge on any atom is 0.237 e. The lowest BCUT2D eigenvalue weighted by atomic mass is 9.98. The van der Waals surface area contributed by atoms with Crippen LogP contribution < -0.4 is 11.1 Å². The van der Waals surface area contributed by atoms with Crippen LogP contribution in [-0.4, -0.2) is 36.0 Å². The van der Waals surface area contributed by atoms with E-state index >= 15 is 0 Å². The quantitative estimate of drug-likeness (QED) is 0.864. The van der Waals surface area contributed by atoms with E-state index in [-0.39, 0.29) is 24.0 Å². The molecule has 2 heterocycles. The van der Waals surface area contributed by atoms with Crippen molar-refractivity contribution in [1.29, 1.82) is 0 Å². The van der Waals surface area contributed by atoms with Crippen molar-refractivity contribution in [1.82, 2.24) is 10.2 Å². The Morgan fingerprint density at radius 2 is 2.37 bits per heavy atom. The number of rotatable bonds is 5. The molecule has 2 rings (SSSR count). The molecule has 1 amide bonds. The molecule has 0 radical (unpaired) electrons. The molecule has 0 saturated carbocycles. The fraction of sp³-hybridized carbons (Fsp3) is 0.643. The van der Waals surface area contributed by atoms with Crippen LogP contribution in [0.25, 0.3) is 0 Å². The number of carbonyl (C=O) groups excluding carboxylic acids is 1. The number of hydrogen-bond acceptors (Lipinski definition) is 4. The summed E-state index contributed by atoms with van der Waals surface area (Å²) in [6, 6.07) is 4.35. The van der Waals surface area contributed by atoms with Crippen molar-refractivity contribution in [3.63, 3.8) is 0 Å². The lowest BCUT2D eigenvalue weighted by Crippen LogP contribution is -2.58. The van der Waals surface area contributed by atoms with Crippen LogP contribution in [-0.2, 0) is 4.79 Å². The third-order valence-electron chi connectivity index (χ3n) is 3.83. The van der Waals surface area contributed by atoms with Gasteiger partial charge >= 0.3 is 0 Å². The van der Waals surface area contributed by atoms with Crippen LogP contribution in [0.4, 0.5) is 0 Å². The lowest BCUT2D eigenvalue weighted by molar-refractivity contribution is -0.130. The first-order valence-electron chi connectivity index (χ1n) is 7.01. The number of nitrogens with one attached hydrogen (secondary N) is 1. The molecule has 1 aliphatic rings. The van der Waals surface area contributed by atoms with Crippen LogP contribution >= 0.6 is 11.3 Å². The van der Waals surface area contributed by atoms with Crippen molar-refractivity contribution < 1.29 is 4.79 Å². The van der Waals surface area contributed by atoms with Gasteiger partial charge in [0.1, 0.15) is 0 Å². The summed E-state index contributed by atoms with van der Waals surface area (Å²) in [5.41, 5.74) is 6.33. The van der Waals surface area contributed by atoms with Crippen LogP contribution in [0.5, 0.6) is 0 Å². The summed E-state index contributed by atoms with van der Waals surface area (Å²) in [5.74, 6) is 0.138. The summed E-state index contributed by atoms with van der Waals surface area (Å²) < 4.78 is 0. The zero-order valence-corrected chi connectivity index (χ0v) is 12.5. The predicted molar refractivity (Wildman–Crippen MR) is 79.1 cm³/mol. The van der Waals surface area contributed by atoms with Gasteiger partial charge in [0.15, 0.2) is 0 Å². The summed E-state index contributed by atoms with van der Waals surface area (Å²) in [6.07, 6.45) is 1.74. The first kappa shape index (κ1) is 14.5. The van der Waals surface area contributed by atoms with Gasteiger partial charge in [-0.3, -0.25) is 9.69 Å². The van der Waals surface area contributed by atoms with Gasteiger partial charge in [0, 0.05) is 24.0 Å². The average Bonchev–Trinajstić information content (AvgIpc) is 2.93. The maximum atomic E-state index is 12.0. The van der Waals surface area contributed by atoms with Crippen molar-refractivity contribution in [2.75, 3.05) is 13.1 Å². The minimum atomic E-state index is -0.0570. The van der Waals surface area contributed by atoms with Crippen LogP contribution in [0.2, 0.25) is 0 Å². The number of nitrogens with two attached hydrogens (primary N) is 1. The molecule has 0 aliphatic carbocycles. The second kappa shape index (κ2) is 6.50. The van der Waals surface area contributed by atoms with E-state index in [9.17, 15) is 4.79 Å². The zero-order valence-electron chi connectivity index (χ0n) is 11.6. The Labute approximate surface area is 119 Å². The molecule has 0 aromatic carbocycles. The molecule has 0 bridgehead atoms. The van der Waals surface area contributed by atoms with Crippen LogP contribution in [0.15, 0.2) is 17.5 Å². The van der Waals surface area contributed by atoms with E-state index in [0.29, 0.717) is 6.54 Å². The summed E-state index contributed by atoms with van der Waals surface area (Å²) in [6.45, 7) is 5.76. The molecule has 3 atom stereocenters. The van der Waals surface area contributed by atoms with Crippen LogP contribution in [0.3, 0.4) is 0 Å². The van der Waals surface area contributed by atoms with Gasteiger partial charge in [0.2, 0.25) is 5.91 Å². The van der Waals surface area contributed by atoms with E-state index in [1.165, 1.54) is 4.88 Å². The van der Waals surface area contributed by atoms with Crippen LogP contribution in [0.1, 0.15) is 37.6 Å². The maximum absolute atomic E-state index is 12.0. The first-order valence-corrected chi connectivity index (χ1v) is 7.89.